The van der Waals surface area contributed by atoms with Gasteiger partial charge in [0, 0.05) is 0 Å². The highest BCUT2D eigenvalue weighted by molar-refractivity contribution is 7.88. The van der Waals surface area contributed by atoms with Gasteiger partial charge in [0.15, 0.2) is 0 Å². The molecule has 0 bridgehead atoms. The van der Waals surface area contributed by atoms with Gasteiger partial charge in [-0.2, -0.15) is 8.42 Å². The first-order chi connectivity index (χ1) is 10.2. The average Bonchev–Trinajstić information content (AvgIpc) is 2.38. The number of carbonyl (C=O) groups is 2. The summed E-state index contributed by atoms with van der Waals surface area (Å²) < 4.78 is 29.6. The number of carbonyl (C=O) groups excluding carboxylic acids is 1. The van der Waals surface area contributed by atoms with Crippen LogP contribution in [0.3, 0.4) is 0 Å². The first kappa shape index (κ1) is 20.9. The van der Waals surface area contributed by atoms with E-state index in [9.17, 15) is 22.6 Å². The smallest absolute Gasteiger partial charge is 0.328 e. The lowest BCUT2D eigenvalue weighted by Gasteiger charge is -2.24. The summed E-state index contributed by atoms with van der Waals surface area (Å²) in [5.74, 6) is -2.81. The van der Waals surface area contributed by atoms with Crippen LogP contribution in [0.4, 0.5) is 0 Å². The molecule has 130 valence electrons. The van der Waals surface area contributed by atoms with Crippen LogP contribution in [0.2, 0.25) is 0 Å². The van der Waals surface area contributed by atoms with E-state index in [2.05, 4.69) is 6.92 Å². The van der Waals surface area contributed by atoms with Crippen molar-refractivity contribution in [2.24, 2.45) is 5.73 Å². The lowest BCUT2D eigenvalue weighted by atomic mass is 9.95. The number of nitrogens with two attached hydrogens (primary N) is 1. The van der Waals surface area contributed by atoms with Gasteiger partial charge in [0.05, 0.1) is 6.42 Å². The second-order valence-electron chi connectivity index (χ2n) is 5.64. The van der Waals surface area contributed by atoms with Crippen molar-refractivity contribution < 1.29 is 27.7 Å². The summed E-state index contributed by atoms with van der Waals surface area (Å²) in [6.07, 6.45) is 6.16. The third-order valence-corrected chi connectivity index (χ3v) is 5.29. The lowest BCUT2D eigenvalue weighted by molar-refractivity contribution is -0.142. The summed E-state index contributed by atoms with van der Waals surface area (Å²) in [4.78, 5) is 22.3. The molecule has 8 heteroatoms. The van der Waals surface area contributed by atoms with Crippen LogP contribution in [0.15, 0.2) is 0 Å². The molecule has 0 saturated carbocycles. The van der Waals surface area contributed by atoms with E-state index >= 15 is 0 Å². The van der Waals surface area contributed by atoms with Gasteiger partial charge in [-0.15, -0.1) is 0 Å². The predicted octanol–water partition coefficient (Wildman–Crippen LogP) is 2.10. The maximum absolute atomic E-state index is 11.4. The molecule has 0 radical (unpaired) electrons. The number of hydrogen-bond donors (Lipinski definition) is 3. The molecule has 7 nitrogen and oxygen atoms in total. The Morgan fingerprint density at radius 3 is 1.82 bits per heavy atom. The molecule has 1 amide bonds. The SMILES string of the molecule is CCCCCCCCCCC(CC(N)=O)(C(=O)O)S(=O)(=O)O. The van der Waals surface area contributed by atoms with Crippen LogP contribution in [0.5, 0.6) is 0 Å². The van der Waals surface area contributed by atoms with Crippen molar-refractivity contribution in [2.75, 3.05) is 0 Å². The van der Waals surface area contributed by atoms with Crippen LogP contribution >= 0.6 is 0 Å². The summed E-state index contributed by atoms with van der Waals surface area (Å²) in [5.41, 5.74) is 4.93. The molecule has 0 aromatic carbocycles. The Morgan fingerprint density at radius 1 is 1.00 bits per heavy atom. The molecule has 0 saturated heterocycles. The van der Waals surface area contributed by atoms with Gasteiger partial charge in [0.1, 0.15) is 0 Å². The van der Waals surface area contributed by atoms with Crippen LogP contribution in [0.25, 0.3) is 0 Å². The Hall–Kier alpha value is -1.15. The molecule has 0 spiro atoms. The summed E-state index contributed by atoms with van der Waals surface area (Å²) >= 11 is 0. The van der Waals surface area contributed by atoms with E-state index in [1.165, 1.54) is 6.42 Å². The zero-order chi connectivity index (χ0) is 17.2. The van der Waals surface area contributed by atoms with Gasteiger partial charge in [-0.1, -0.05) is 58.3 Å². The quantitative estimate of drug-likeness (QED) is 0.348. The lowest BCUT2D eigenvalue weighted by Crippen LogP contribution is -2.49. The highest BCUT2D eigenvalue weighted by Crippen LogP contribution is 2.29. The van der Waals surface area contributed by atoms with Gasteiger partial charge in [0.25, 0.3) is 10.1 Å². The first-order valence-corrected chi connectivity index (χ1v) is 9.10. The van der Waals surface area contributed by atoms with E-state index in [4.69, 9.17) is 10.8 Å². The Bertz CT molecular complexity index is 462. The van der Waals surface area contributed by atoms with Crippen molar-refractivity contribution in [1.29, 1.82) is 0 Å². The van der Waals surface area contributed by atoms with Crippen LogP contribution in [-0.4, -0.2) is 34.7 Å². The molecule has 0 heterocycles. The molecule has 0 fully saturated rings. The van der Waals surface area contributed by atoms with Crippen molar-refractivity contribution in [3.63, 3.8) is 0 Å². The van der Waals surface area contributed by atoms with Gasteiger partial charge in [-0.25, -0.2) is 0 Å². The van der Waals surface area contributed by atoms with Crippen molar-refractivity contribution in [1.82, 2.24) is 0 Å². The third kappa shape index (κ3) is 6.74. The summed E-state index contributed by atoms with van der Waals surface area (Å²) in [5, 5.41) is 9.16. The van der Waals surface area contributed by atoms with Crippen molar-refractivity contribution in [2.45, 2.75) is 75.9 Å². The van der Waals surface area contributed by atoms with Gasteiger partial charge in [-0.3, -0.25) is 14.1 Å². The molecule has 0 aromatic rings. The maximum atomic E-state index is 11.4. The molecule has 0 aromatic heterocycles. The molecule has 0 rings (SSSR count). The van der Waals surface area contributed by atoms with E-state index < -0.39 is 33.2 Å². The van der Waals surface area contributed by atoms with E-state index in [1.54, 1.807) is 0 Å². The zero-order valence-corrected chi connectivity index (χ0v) is 13.9. The highest BCUT2D eigenvalue weighted by atomic mass is 32.2. The van der Waals surface area contributed by atoms with Crippen molar-refractivity contribution in [3.8, 4) is 0 Å². The minimum absolute atomic E-state index is 0.299. The normalized spacial score (nSPS) is 14.5. The fourth-order valence-electron chi connectivity index (χ4n) is 2.43. The van der Waals surface area contributed by atoms with Gasteiger partial charge in [-0.05, 0) is 6.42 Å². The Kier molecular flexibility index (Phi) is 9.27. The molecule has 0 aliphatic rings. The number of primary amides is 1. The molecule has 0 aliphatic carbocycles. The first-order valence-electron chi connectivity index (χ1n) is 7.66. The molecule has 1 atom stereocenters. The van der Waals surface area contributed by atoms with E-state index in [0.29, 0.717) is 12.8 Å². The number of hydrogen-bond acceptors (Lipinski definition) is 4. The average molecular weight is 337 g/mol. The number of rotatable bonds is 13. The highest BCUT2D eigenvalue weighted by Gasteiger charge is 2.51. The fourth-order valence-corrected chi connectivity index (χ4v) is 3.37. The Morgan fingerprint density at radius 2 is 1.45 bits per heavy atom. The van der Waals surface area contributed by atoms with Crippen LogP contribution in [-0.2, 0) is 19.7 Å². The summed E-state index contributed by atoms with van der Waals surface area (Å²) in [6, 6.07) is 0. The Labute approximate surface area is 132 Å². The largest absolute Gasteiger partial charge is 0.480 e. The third-order valence-electron chi connectivity index (χ3n) is 3.78. The van der Waals surface area contributed by atoms with Gasteiger partial charge < -0.3 is 10.8 Å². The van der Waals surface area contributed by atoms with E-state index in [-0.39, 0.29) is 6.42 Å². The monoisotopic (exact) mass is 337 g/mol. The Balaban J connectivity index is 4.49. The standard InChI is InChI=1S/C14H27NO6S/c1-2-3-4-5-6-7-8-9-10-14(13(17)18,11-12(15)16)22(19,20)21/h2-11H2,1H3,(H2,15,16)(H,17,18)(H,19,20,21). The molecular formula is C14H27NO6S. The molecular weight excluding hydrogens is 310 g/mol. The second-order valence-corrected chi connectivity index (χ2v) is 7.37. The molecule has 22 heavy (non-hydrogen) atoms. The number of carboxylic acid groups (broad SMARTS) is 1. The molecule has 4 N–H and O–H groups in total. The summed E-state index contributed by atoms with van der Waals surface area (Å²) in [7, 11) is -4.93. The van der Waals surface area contributed by atoms with Crippen molar-refractivity contribution in [3.05, 3.63) is 0 Å². The second kappa shape index (κ2) is 9.78. The molecule has 1 unspecified atom stereocenters. The zero-order valence-electron chi connectivity index (χ0n) is 13.1. The minimum Gasteiger partial charge on any atom is -0.480 e. The number of amides is 1. The van der Waals surface area contributed by atoms with Gasteiger partial charge >= 0.3 is 5.97 Å². The maximum Gasteiger partial charge on any atom is 0.328 e. The minimum atomic E-state index is -4.93. The fraction of sp³-hybridized carbons (Fsp3) is 0.857. The number of unbranched alkanes of at least 4 members (excludes halogenated alkanes) is 7. The van der Waals surface area contributed by atoms with E-state index in [0.717, 1.165) is 32.1 Å². The van der Waals surface area contributed by atoms with Crippen LogP contribution in [0.1, 0.15) is 71.1 Å². The van der Waals surface area contributed by atoms with Crippen molar-refractivity contribution >= 4 is 22.0 Å². The topological polar surface area (TPSA) is 135 Å². The van der Waals surface area contributed by atoms with Gasteiger partial charge in [0.2, 0.25) is 10.7 Å². The van der Waals surface area contributed by atoms with Crippen LogP contribution < -0.4 is 5.73 Å². The van der Waals surface area contributed by atoms with Crippen LogP contribution in [0, 0.1) is 0 Å². The molecule has 0 aliphatic heterocycles. The number of carboxylic acids is 1. The van der Waals surface area contributed by atoms with E-state index in [1.807, 2.05) is 0 Å². The number of aliphatic carboxylic acids is 1. The summed E-state index contributed by atoms with van der Waals surface area (Å²) in [6.45, 7) is 2.12. The predicted molar refractivity (Wildman–Crippen MR) is 83.0 cm³/mol.